The monoisotopic (exact) mass is 452 g/mol. The number of benzene rings is 1. The second-order valence-electron chi connectivity index (χ2n) is 8.70. The van der Waals surface area contributed by atoms with Gasteiger partial charge >= 0.3 is 6.09 Å². The number of aromatic nitrogens is 2. The third-order valence-electron chi connectivity index (χ3n) is 4.94. The Morgan fingerprint density at radius 2 is 2.00 bits per heavy atom. The topological polar surface area (TPSA) is 120 Å². The number of halogens is 2. The minimum atomic E-state index is -1.91. The van der Waals surface area contributed by atoms with Crippen molar-refractivity contribution in [2.24, 2.45) is 0 Å². The van der Waals surface area contributed by atoms with Crippen molar-refractivity contribution in [1.29, 1.82) is 0 Å². The standard InChI is InChI=1S/C21H26F2N4O5/c1-20(2,3)32-19(29)26-9-8-21(30,15(23)10-26)11-27-12-25-17(16(24)18(27)28)31-14-6-4-13(22)5-7-14/h4-7,12,15,30H,8-11,24H2,1-3H3/t15-,21-/m1/s1. The van der Waals surface area contributed by atoms with Gasteiger partial charge in [-0.3, -0.25) is 9.36 Å². The fourth-order valence-electron chi connectivity index (χ4n) is 3.20. The van der Waals surface area contributed by atoms with Gasteiger partial charge in [-0.15, -0.1) is 0 Å². The maximum absolute atomic E-state index is 14.9. The van der Waals surface area contributed by atoms with Crippen LogP contribution in [0.4, 0.5) is 19.3 Å². The molecule has 1 fully saturated rings. The summed E-state index contributed by atoms with van der Waals surface area (Å²) in [6.07, 6.45) is -1.53. The van der Waals surface area contributed by atoms with E-state index in [1.54, 1.807) is 20.8 Å². The molecule has 0 bridgehead atoms. The molecule has 11 heteroatoms. The molecule has 2 aromatic rings. The first-order chi connectivity index (χ1) is 14.9. The van der Waals surface area contributed by atoms with E-state index in [0.29, 0.717) is 0 Å². The summed E-state index contributed by atoms with van der Waals surface area (Å²) in [6, 6.07) is 5.04. The predicted molar refractivity (Wildman–Crippen MR) is 112 cm³/mol. The van der Waals surface area contributed by atoms with Gasteiger partial charge in [0.1, 0.15) is 35.3 Å². The molecule has 3 N–H and O–H groups in total. The number of anilines is 1. The fourth-order valence-corrected chi connectivity index (χ4v) is 3.20. The molecule has 1 aromatic carbocycles. The van der Waals surface area contributed by atoms with E-state index in [1.807, 2.05) is 0 Å². The highest BCUT2D eigenvalue weighted by Gasteiger charge is 2.44. The van der Waals surface area contributed by atoms with Gasteiger partial charge in [-0.05, 0) is 51.5 Å². The van der Waals surface area contributed by atoms with E-state index >= 15 is 0 Å². The number of carbonyl (C=O) groups is 1. The normalized spacial score (nSPS) is 21.3. The Balaban J connectivity index is 1.71. The number of rotatable bonds is 4. The zero-order valence-corrected chi connectivity index (χ0v) is 18.0. The second kappa shape index (κ2) is 8.73. The van der Waals surface area contributed by atoms with Gasteiger partial charge in [0.2, 0.25) is 5.88 Å². The first kappa shape index (κ1) is 23.5. The summed E-state index contributed by atoms with van der Waals surface area (Å²) >= 11 is 0. The van der Waals surface area contributed by atoms with Crippen molar-refractivity contribution < 1.29 is 28.2 Å². The molecule has 174 valence electrons. The lowest BCUT2D eigenvalue weighted by Gasteiger charge is -2.41. The molecule has 0 spiro atoms. The number of nitrogens with zero attached hydrogens (tertiary/aromatic N) is 3. The van der Waals surface area contributed by atoms with Gasteiger partial charge in [-0.25, -0.2) is 18.6 Å². The number of nitrogens with two attached hydrogens (primary N) is 1. The number of hydrogen-bond acceptors (Lipinski definition) is 7. The molecule has 9 nitrogen and oxygen atoms in total. The molecule has 0 unspecified atom stereocenters. The van der Waals surface area contributed by atoms with Crippen LogP contribution in [0.25, 0.3) is 0 Å². The zero-order chi connectivity index (χ0) is 23.7. The Hall–Kier alpha value is -3.21. The predicted octanol–water partition coefficient (Wildman–Crippen LogP) is 2.47. The average molecular weight is 452 g/mol. The molecule has 1 amide bonds. The minimum absolute atomic E-state index is 0.0508. The van der Waals surface area contributed by atoms with Crippen LogP contribution in [-0.2, 0) is 11.3 Å². The Kier molecular flexibility index (Phi) is 6.40. The Morgan fingerprint density at radius 3 is 2.59 bits per heavy atom. The van der Waals surface area contributed by atoms with Crippen molar-refractivity contribution in [2.45, 2.75) is 51.1 Å². The van der Waals surface area contributed by atoms with E-state index in [-0.39, 0.29) is 36.8 Å². The van der Waals surface area contributed by atoms with Crippen LogP contribution in [0.15, 0.2) is 35.4 Å². The molecule has 2 atom stereocenters. The summed E-state index contributed by atoms with van der Waals surface area (Å²) in [4.78, 5) is 29.9. The highest BCUT2D eigenvalue weighted by molar-refractivity contribution is 5.68. The third-order valence-corrected chi connectivity index (χ3v) is 4.94. The first-order valence-corrected chi connectivity index (χ1v) is 10.0. The molecule has 0 radical (unpaired) electrons. The van der Waals surface area contributed by atoms with E-state index in [1.165, 1.54) is 29.2 Å². The molecule has 0 aliphatic carbocycles. The number of hydrogen-bond donors (Lipinski definition) is 2. The number of carbonyl (C=O) groups excluding carboxylic acids is 1. The molecule has 1 aliphatic rings. The third kappa shape index (κ3) is 5.34. The molecule has 0 saturated carbocycles. The van der Waals surface area contributed by atoms with E-state index in [2.05, 4.69) is 4.98 Å². The molecule has 1 aromatic heterocycles. The molecule has 3 rings (SSSR count). The highest BCUT2D eigenvalue weighted by atomic mass is 19.1. The van der Waals surface area contributed by atoms with Gasteiger partial charge in [0.05, 0.1) is 13.1 Å². The van der Waals surface area contributed by atoms with Crippen molar-refractivity contribution in [3.63, 3.8) is 0 Å². The van der Waals surface area contributed by atoms with Gasteiger partial charge in [-0.2, -0.15) is 0 Å². The summed E-state index contributed by atoms with van der Waals surface area (Å²) in [5.74, 6) is -0.429. The van der Waals surface area contributed by atoms with Crippen LogP contribution in [0, 0.1) is 5.82 Å². The maximum Gasteiger partial charge on any atom is 0.410 e. The summed E-state index contributed by atoms with van der Waals surface area (Å²) in [5, 5.41) is 10.8. The Labute approximate surface area is 183 Å². The zero-order valence-electron chi connectivity index (χ0n) is 18.0. The highest BCUT2D eigenvalue weighted by Crippen LogP contribution is 2.29. The second-order valence-corrected chi connectivity index (χ2v) is 8.70. The van der Waals surface area contributed by atoms with Gasteiger partial charge < -0.3 is 25.2 Å². The summed E-state index contributed by atoms with van der Waals surface area (Å²) in [5.41, 5.74) is 2.11. The fraction of sp³-hybridized carbons (Fsp3) is 0.476. The van der Waals surface area contributed by atoms with Crippen molar-refractivity contribution in [2.75, 3.05) is 18.8 Å². The summed E-state index contributed by atoms with van der Waals surface area (Å²) in [7, 11) is 0. The minimum Gasteiger partial charge on any atom is -0.444 e. The van der Waals surface area contributed by atoms with E-state index < -0.39 is 41.4 Å². The van der Waals surface area contributed by atoms with Crippen LogP contribution >= 0.6 is 0 Å². The average Bonchev–Trinajstić information content (AvgIpc) is 2.70. The number of likely N-dealkylation sites (tertiary alicyclic amines) is 1. The number of aliphatic hydroxyl groups is 1. The lowest BCUT2D eigenvalue weighted by Crippen LogP contribution is -2.58. The van der Waals surface area contributed by atoms with Crippen LogP contribution in [-0.4, -0.2) is 56.1 Å². The summed E-state index contributed by atoms with van der Waals surface area (Å²) < 4.78 is 39.5. The molecular formula is C21H26F2N4O5. The van der Waals surface area contributed by atoms with Gasteiger partial charge in [0.25, 0.3) is 5.56 Å². The van der Waals surface area contributed by atoms with Crippen LogP contribution in [0.1, 0.15) is 27.2 Å². The molecule has 1 aliphatic heterocycles. The summed E-state index contributed by atoms with van der Waals surface area (Å²) in [6.45, 7) is 4.36. The molecule has 2 heterocycles. The lowest BCUT2D eigenvalue weighted by molar-refractivity contribution is -0.0952. The maximum atomic E-state index is 14.9. The van der Waals surface area contributed by atoms with Gasteiger partial charge in [-0.1, -0.05) is 0 Å². The smallest absolute Gasteiger partial charge is 0.410 e. The molecule has 1 saturated heterocycles. The van der Waals surface area contributed by atoms with Crippen LogP contribution in [0.3, 0.4) is 0 Å². The lowest BCUT2D eigenvalue weighted by atomic mass is 9.89. The van der Waals surface area contributed by atoms with Crippen LogP contribution in [0.2, 0.25) is 0 Å². The van der Waals surface area contributed by atoms with Crippen molar-refractivity contribution in [3.8, 4) is 11.6 Å². The number of piperidine rings is 1. The largest absolute Gasteiger partial charge is 0.444 e. The van der Waals surface area contributed by atoms with E-state index in [9.17, 15) is 23.5 Å². The van der Waals surface area contributed by atoms with E-state index in [0.717, 1.165) is 10.9 Å². The first-order valence-electron chi connectivity index (χ1n) is 10.0. The van der Waals surface area contributed by atoms with Crippen LogP contribution < -0.4 is 16.0 Å². The molecule has 32 heavy (non-hydrogen) atoms. The Bertz CT molecular complexity index is 1040. The van der Waals surface area contributed by atoms with Gasteiger partial charge in [0, 0.05) is 6.54 Å². The number of ether oxygens (including phenoxy) is 2. The van der Waals surface area contributed by atoms with Crippen molar-refractivity contribution >= 4 is 11.8 Å². The SMILES string of the molecule is CC(C)(C)OC(=O)N1CC[C@@](O)(Cn2cnc(Oc3ccc(F)cc3)c(N)c2=O)[C@H](F)C1. The molecular weight excluding hydrogens is 426 g/mol. The number of amides is 1. The van der Waals surface area contributed by atoms with Crippen molar-refractivity contribution in [1.82, 2.24) is 14.5 Å². The number of nitrogen functional groups attached to an aromatic ring is 1. The van der Waals surface area contributed by atoms with Gasteiger partial charge in [0.15, 0.2) is 5.69 Å². The Morgan fingerprint density at radius 1 is 1.34 bits per heavy atom. The quantitative estimate of drug-likeness (QED) is 0.731. The van der Waals surface area contributed by atoms with Crippen molar-refractivity contribution in [3.05, 3.63) is 46.8 Å². The number of alkyl halides is 1. The van der Waals surface area contributed by atoms with Crippen LogP contribution in [0.5, 0.6) is 11.6 Å². The van der Waals surface area contributed by atoms with E-state index in [4.69, 9.17) is 15.2 Å².